The molecule has 0 radical (unpaired) electrons. The summed E-state index contributed by atoms with van der Waals surface area (Å²) in [7, 11) is 1.84. The van der Waals surface area contributed by atoms with E-state index in [2.05, 4.69) is 0 Å². The van der Waals surface area contributed by atoms with Gasteiger partial charge in [-0.25, -0.2) is 0 Å². The highest BCUT2D eigenvalue weighted by molar-refractivity contribution is 6.14. The van der Waals surface area contributed by atoms with Crippen LogP contribution in [0.15, 0.2) is 54.6 Å². The van der Waals surface area contributed by atoms with E-state index in [4.69, 9.17) is 4.98 Å². The predicted octanol–water partition coefficient (Wildman–Crippen LogP) is 4.00. The fourth-order valence-corrected chi connectivity index (χ4v) is 3.39. The molecular weight excluding hydrogens is 284 g/mol. The first-order chi connectivity index (χ1) is 11.3. The fraction of sp³-hybridized carbons (Fsp3) is 0.200. The number of aromatic nitrogens is 1. The third kappa shape index (κ3) is 2.29. The molecule has 1 amide bonds. The second-order valence-corrected chi connectivity index (χ2v) is 5.98. The van der Waals surface area contributed by atoms with Crippen LogP contribution in [0.2, 0.25) is 0 Å². The Kier molecular flexibility index (Phi) is 3.34. The molecule has 0 aliphatic heterocycles. The molecule has 1 aromatic heterocycles. The lowest BCUT2D eigenvalue weighted by Gasteiger charge is -2.20. The highest BCUT2D eigenvalue weighted by Gasteiger charge is 2.25. The molecule has 0 saturated heterocycles. The van der Waals surface area contributed by atoms with Crippen LogP contribution < -0.4 is 4.90 Å². The van der Waals surface area contributed by atoms with Gasteiger partial charge in [-0.1, -0.05) is 36.4 Å². The second kappa shape index (κ2) is 5.51. The van der Waals surface area contributed by atoms with E-state index in [0.29, 0.717) is 0 Å². The Balaban J connectivity index is 1.89. The Morgan fingerprint density at radius 3 is 2.57 bits per heavy atom. The molecule has 2 aromatic carbocycles. The summed E-state index contributed by atoms with van der Waals surface area (Å²) in [5.41, 5.74) is 4.88. The molecular formula is C20H18N2O. The Labute approximate surface area is 135 Å². The standard InChI is InChI=1S/C20H18N2O/c1-22(14-8-3-2-4-9-14)20(23)19-15-10-5-6-12-17(15)21-18-13-7-11-16(18)19/h2-6,8-10,12H,7,11,13H2,1H3. The molecule has 23 heavy (non-hydrogen) atoms. The number of hydrogen-bond donors (Lipinski definition) is 0. The van der Waals surface area contributed by atoms with Crippen molar-refractivity contribution in [2.24, 2.45) is 0 Å². The molecule has 0 saturated carbocycles. The van der Waals surface area contributed by atoms with Crippen molar-refractivity contribution in [2.75, 3.05) is 11.9 Å². The van der Waals surface area contributed by atoms with Crippen LogP contribution >= 0.6 is 0 Å². The van der Waals surface area contributed by atoms with E-state index in [-0.39, 0.29) is 5.91 Å². The average molecular weight is 302 g/mol. The van der Waals surface area contributed by atoms with Gasteiger partial charge in [0, 0.05) is 23.8 Å². The Bertz CT molecular complexity index is 887. The number of carbonyl (C=O) groups is 1. The number of anilines is 1. The van der Waals surface area contributed by atoms with Crippen molar-refractivity contribution in [3.63, 3.8) is 0 Å². The van der Waals surface area contributed by atoms with Crippen LogP contribution in [0.5, 0.6) is 0 Å². The van der Waals surface area contributed by atoms with Gasteiger partial charge in [0.05, 0.1) is 11.1 Å². The normalized spacial score (nSPS) is 13.1. The molecule has 1 aliphatic carbocycles. The summed E-state index contributed by atoms with van der Waals surface area (Å²) in [5, 5.41) is 0.959. The van der Waals surface area contributed by atoms with E-state index in [9.17, 15) is 4.79 Å². The maximum absolute atomic E-state index is 13.2. The quantitative estimate of drug-likeness (QED) is 0.717. The van der Waals surface area contributed by atoms with Gasteiger partial charge in [-0.3, -0.25) is 9.78 Å². The lowest BCUT2D eigenvalue weighted by molar-refractivity contribution is 0.0993. The maximum Gasteiger partial charge on any atom is 0.259 e. The van der Waals surface area contributed by atoms with Crippen LogP contribution in [-0.4, -0.2) is 17.9 Å². The summed E-state index contributed by atoms with van der Waals surface area (Å²) >= 11 is 0. The van der Waals surface area contributed by atoms with Crippen LogP contribution in [0.25, 0.3) is 10.9 Å². The molecule has 4 rings (SSSR count). The van der Waals surface area contributed by atoms with E-state index in [0.717, 1.165) is 52.7 Å². The summed E-state index contributed by atoms with van der Waals surface area (Å²) in [6, 6.07) is 17.7. The predicted molar refractivity (Wildman–Crippen MR) is 92.9 cm³/mol. The molecule has 114 valence electrons. The van der Waals surface area contributed by atoms with Crippen molar-refractivity contribution in [3.05, 3.63) is 71.4 Å². The van der Waals surface area contributed by atoms with Crippen LogP contribution in [0, 0.1) is 0 Å². The minimum absolute atomic E-state index is 0.0490. The van der Waals surface area contributed by atoms with Crippen LogP contribution in [0.4, 0.5) is 5.69 Å². The highest BCUT2D eigenvalue weighted by Crippen LogP contribution is 2.31. The maximum atomic E-state index is 13.2. The summed E-state index contributed by atoms with van der Waals surface area (Å²) in [6.07, 6.45) is 2.99. The topological polar surface area (TPSA) is 33.2 Å². The number of hydrogen-bond acceptors (Lipinski definition) is 2. The number of carbonyl (C=O) groups excluding carboxylic acids is 1. The largest absolute Gasteiger partial charge is 0.311 e. The Hall–Kier alpha value is -2.68. The fourth-order valence-electron chi connectivity index (χ4n) is 3.39. The SMILES string of the molecule is CN(C(=O)c1c2c(nc3ccccc13)CCC2)c1ccccc1. The van der Waals surface area contributed by atoms with E-state index in [1.54, 1.807) is 4.90 Å². The van der Waals surface area contributed by atoms with Crippen molar-refractivity contribution in [3.8, 4) is 0 Å². The smallest absolute Gasteiger partial charge is 0.259 e. The molecule has 0 atom stereocenters. The zero-order chi connectivity index (χ0) is 15.8. The van der Waals surface area contributed by atoms with Gasteiger partial charge in [0.1, 0.15) is 0 Å². The van der Waals surface area contributed by atoms with Gasteiger partial charge < -0.3 is 4.90 Å². The number of pyridine rings is 1. The molecule has 3 nitrogen and oxygen atoms in total. The number of rotatable bonds is 2. The summed E-state index contributed by atoms with van der Waals surface area (Å²) in [4.78, 5) is 19.7. The summed E-state index contributed by atoms with van der Waals surface area (Å²) in [5.74, 6) is 0.0490. The first kappa shape index (κ1) is 13.9. The zero-order valence-electron chi connectivity index (χ0n) is 13.1. The minimum atomic E-state index is 0.0490. The molecule has 3 heteroatoms. The van der Waals surface area contributed by atoms with Gasteiger partial charge in [0.25, 0.3) is 5.91 Å². The molecule has 0 bridgehead atoms. The van der Waals surface area contributed by atoms with E-state index in [1.807, 2.05) is 61.6 Å². The first-order valence-electron chi connectivity index (χ1n) is 7.99. The van der Waals surface area contributed by atoms with E-state index >= 15 is 0 Å². The molecule has 0 spiro atoms. The van der Waals surface area contributed by atoms with Crippen molar-refractivity contribution in [1.29, 1.82) is 0 Å². The summed E-state index contributed by atoms with van der Waals surface area (Å²) in [6.45, 7) is 0. The number of nitrogens with zero attached hydrogens (tertiary/aromatic N) is 2. The second-order valence-electron chi connectivity index (χ2n) is 5.98. The highest BCUT2D eigenvalue weighted by atomic mass is 16.2. The molecule has 0 unspecified atom stereocenters. The summed E-state index contributed by atoms with van der Waals surface area (Å²) < 4.78 is 0. The molecule has 1 aliphatic rings. The first-order valence-corrected chi connectivity index (χ1v) is 7.99. The van der Waals surface area contributed by atoms with E-state index < -0.39 is 0 Å². The lowest BCUT2D eigenvalue weighted by atomic mass is 10.00. The number of benzene rings is 2. The van der Waals surface area contributed by atoms with E-state index in [1.165, 1.54) is 0 Å². The van der Waals surface area contributed by atoms with Crippen molar-refractivity contribution in [2.45, 2.75) is 19.3 Å². The Morgan fingerprint density at radius 2 is 1.74 bits per heavy atom. The lowest BCUT2D eigenvalue weighted by Crippen LogP contribution is -2.27. The van der Waals surface area contributed by atoms with Crippen LogP contribution in [0.3, 0.4) is 0 Å². The van der Waals surface area contributed by atoms with Gasteiger partial charge in [-0.05, 0) is 43.0 Å². The van der Waals surface area contributed by atoms with Gasteiger partial charge in [-0.2, -0.15) is 0 Å². The third-order valence-electron chi connectivity index (χ3n) is 4.58. The monoisotopic (exact) mass is 302 g/mol. The number of aryl methyl sites for hydroxylation is 1. The number of amides is 1. The van der Waals surface area contributed by atoms with Crippen molar-refractivity contribution < 1.29 is 4.79 Å². The molecule has 3 aromatic rings. The number of fused-ring (bicyclic) bond motifs is 2. The van der Waals surface area contributed by atoms with Gasteiger partial charge in [-0.15, -0.1) is 0 Å². The van der Waals surface area contributed by atoms with Gasteiger partial charge in [0.2, 0.25) is 0 Å². The van der Waals surface area contributed by atoms with Gasteiger partial charge >= 0.3 is 0 Å². The minimum Gasteiger partial charge on any atom is -0.311 e. The van der Waals surface area contributed by atoms with Crippen LogP contribution in [0.1, 0.15) is 28.0 Å². The zero-order valence-corrected chi connectivity index (χ0v) is 13.1. The van der Waals surface area contributed by atoms with Crippen molar-refractivity contribution >= 4 is 22.5 Å². The van der Waals surface area contributed by atoms with Gasteiger partial charge in [0.15, 0.2) is 0 Å². The molecule has 0 N–H and O–H groups in total. The average Bonchev–Trinajstić information content (AvgIpc) is 3.07. The third-order valence-corrected chi connectivity index (χ3v) is 4.58. The van der Waals surface area contributed by atoms with Crippen LogP contribution in [-0.2, 0) is 12.8 Å². The van der Waals surface area contributed by atoms with Crippen molar-refractivity contribution in [1.82, 2.24) is 4.98 Å². The number of para-hydroxylation sites is 2. The Morgan fingerprint density at radius 1 is 1.00 bits per heavy atom. The molecule has 0 fully saturated rings. The molecule has 1 heterocycles.